The number of hydrogen-bond acceptors (Lipinski definition) is 3. The monoisotopic (exact) mass is 320 g/mol. The fourth-order valence-corrected chi connectivity index (χ4v) is 2.63. The Morgan fingerprint density at radius 2 is 1.92 bits per heavy atom. The Balaban J connectivity index is 1.58. The van der Waals surface area contributed by atoms with E-state index in [1.54, 1.807) is 0 Å². The molecule has 0 aliphatic heterocycles. The molecule has 0 spiro atoms. The smallest absolute Gasteiger partial charge is 0.0831 e. The molecule has 1 N–H and O–H groups in total. The molecule has 2 aromatic heterocycles. The zero-order valence-electron chi connectivity index (χ0n) is 14.5. The zero-order chi connectivity index (χ0) is 16.9. The lowest BCUT2D eigenvalue weighted by Gasteiger charge is -2.08. The maximum absolute atomic E-state index is 4.43. The standard InChI is InChI=1S/C20H24N4/c1-15(2)18-4-6-19(7-5-18)22-11-17-12-23-24(13-17)14-20-10-16(3)8-9-21-20/h4-10,12-13,15,22H,11,14H2,1-3H3. The fraction of sp³-hybridized carbons (Fsp3) is 0.300. The van der Waals surface area contributed by atoms with Crippen molar-refractivity contribution in [2.24, 2.45) is 0 Å². The molecule has 2 heterocycles. The van der Waals surface area contributed by atoms with Gasteiger partial charge in [0.1, 0.15) is 0 Å². The van der Waals surface area contributed by atoms with Crippen molar-refractivity contribution in [2.75, 3.05) is 5.32 Å². The molecule has 1 aromatic carbocycles. The van der Waals surface area contributed by atoms with Crippen molar-refractivity contribution in [3.63, 3.8) is 0 Å². The van der Waals surface area contributed by atoms with E-state index < -0.39 is 0 Å². The van der Waals surface area contributed by atoms with Crippen LogP contribution in [0.2, 0.25) is 0 Å². The summed E-state index contributed by atoms with van der Waals surface area (Å²) in [6.07, 6.45) is 5.82. The van der Waals surface area contributed by atoms with Gasteiger partial charge in [0, 0.05) is 30.2 Å². The molecule has 0 saturated heterocycles. The number of anilines is 1. The first kappa shape index (κ1) is 16.2. The van der Waals surface area contributed by atoms with Crippen molar-refractivity contribution in [1.29, 1.82) is 0 Å². The molecule has 0 aliphatic rings. The zero-order valence-corrected chi connectivity index (χ0v) is 14.5. The summed E-state index contributed by atoms with van der Waals surface area (Å²) in [5, 5.41) is 7.87. The van der Waals surface area contributed by atoms with Crippen molar-refractivity contribution >= 4 is 5.69 Å². The third-order valence-corrected chi connectivity index (χ3v) is 4.06. The molecule has 0 saturated carbocycles. The number of aromatic nitrogens is 3. The minimum atomic E-state index is 0.563. The van der Waals surface area contributed by atoms with Gasteiger partial charge in [-0.3, -0.25) is 9.67 Å². The number of benzene rings is 1. The molecule has 3 rings (SSSR count). The van der Waals surface area contributed by atoms with Gasteiger partial charge >= 0.3 is 0 Å². The molecular weight excluding hydrogens is 296 g/mol. The molecule has 124 valence electrons. The van der Waals surface area contributed by atoms with Crippen LogP contribution in [-0.2, 0) is 13.1 Å². The van der Waals surface area contributed by atoms with E-state index in [-0.39, 0.29) is 0 Å². The van der Waals surface area contributed by atoms with Crippen LogP contribution in [0.4, 0.5) is 5.69 Å². The van der Waals surface area contributed by atoms with Gasteiger partial charge in [0.2, 0.25) is 0 Å². The maximum atomic E-state index is 4.43. The first-order chi connectivity index (χ1) is 11.6. The van der Waals surface area contributed by atoms with E-state index in [1.807, 2.05) is 23.1 Å². The van der Waals surface area contributed by atoms with Gasteiger partial charge in [-0.2, -0.15) is 5.10 Å². The summed E-state index contributed by atoms with van der Waals surface area (Å²) >= 11 is 0. The summed E-state index contributed by atoms with van der Waals surface area (Å²) in [5.41, 5.74) is 5.91. The van der Waals surface area contributed by atoms with Gasteiger partial charge in [0.25, 0.3) is 0 Å². The van der Waals surface area contributed by atoms with Crippen LogP contribution in [0.1, 0.15) is 42.1 Å². The van der Waals surface area contributed by atoms with E-state index >= 15 is 0 Å². The maximum Gasteiger partial charge on any atom is 0.0831 e. The van der Waals surface area contributed by atoms with E-state index in [1.165, 1.54) is 11.1 Å². The van der Waals surface area contributed by atoms with Gasteiger partial charge in [-0.05, 0) is 48.2 Å². The molecule has 0 amide bonds. The van der Waals surface area contributed by atoms with Crippen LogP contribution in [0.25, 0.3) is 0 Å². The summed E-state index contributed by atoms with van der Waals surface area (Å²) in [7, 11) is 0. The summed E-state index contributed by atoms with van der Waals surface area (Å²) in [5.74, 6) is 0.563. The average Bonchev–Trinajstić information content (AvgIpc) is 3.01. The van der Waals surface area contributed by atoms with Gasteiger partial charge < -0.3 is 5.32 Å². The van der Waals surface area contributed by atoms with Crippen molar-refractivity contribution in [1.82, 2.24) is 14.8 Å². The second kappa shape index (κ2) is 7.30. The number of pyridine rings is 1. The predicted octanol–water partition coefficient (Wildman–Crippen LogP) is 4.37. The Kier molecular flexibility index (Phi) is 4.94. The van der Waals surface area contributed by atoms with Crippen molar-refractivity contribution in [3.8, 4) is 0 Å². The van der Waals surface area contributed by atoms with E-state index in [0.29, 0.717) is 12.5 Å². The highest BCUT2D eigenvalue weighted by Crippen LogP contribution is 2.17. The molecule has 0 bridgehead atoms. The van der Waals surface area contributed by atoms with Gasteiger partial charge in [-0.15, -0.1) is 0 Å². The SMILES string of the molecule is Cc1ccnc(Cn2cc(CNc3ccc(C(C)C)cc3)cn2)c1. The molecular formula is C20H24N4. The Morgan fingerprint density at radius 3 is 2.62 bits per heavy atom. The topological polar surface area (TPSA) is 42.7 Å². The summed E-state index contributed by atoms with van der Waals surface area (Å²) in [6, 6.07) is 12.7. The van der Waals surface area contributed by atoms with Crippen molar-refractivity contribution in [3.05, 3.63) is 77.4 Å². The fourth-order valence-electron chi connectivity index (χ4n) is 2.63. The molecule has 24 heavy (non-hydrogen) atoms. The number of rotatable bonds is 6. The summed E-state index contributed by atoms with van der Waals surface area (Å²) in [4.78, 5) is 4.38. The minimum Gasteiger partial charge on any atom is -0.381 e. The molecule has 4 nitrogen and oxygen atoms in total. The molecule has 0 aliphatic carbocycles. The molecule has 0 radical (unpaired) electrons. The van der Waals surface area contributed by atoms with Crippen LogP contribution in [0.15, 0.2) is 55.0 Å². The third kappa shape index (κ3) is 4.22. The van der Waals surface area contributed by atoms with E-state index in [9.17, 15) is 0 Å². The first-order valence-corrected chi connectivity index (χ1v) is 8.37. The number of nitrogens with one attached hydrogen (secondary N) is 1. The second-order valence-corrected chi connectivity index (χ2v) is 6.50. The first-order valence-electron chi connectivity index (χ1n) is 8.37. The van der Waals surface area contributed by atoms with Crippen molar-refractivity contribution < 1.29 is 0 Å². The van der Waals surface area contributed by atoms with Gasteiger partial charge in [0.05, 0.1) is 18.4 Å². The molecule has 3 aromatic rings. The Bertz CT molecular complexity index is 787. The molecule has 0 atom stereocenters. The minimum absolute atomic E-state index is 0.563. The largest absolute Gasteiger partial charge is 0.381 e. The number of hydrogen-bond donors (Lipinski definition) is 1. The Hall–Kier alpha value is -2.62. The Labute approximate surface area is 143 Å². The molecule has 0 fully saturated rings. The van der Waals surface area contributed by atoms with Crippen LogP contribution in [0, 0.1) is 6.92 Å². The lowest BCUT2D eigenvalue weighted by molar-refractivity contribution is 0.671. The van der Waals surface area contributed by atoms with Gasteiger partial charge in [0.15, 0.2) is 0 Å². The number of nitrogens with zero attached hydrogens (tertiary/aromatic N) is 3. The highest BCUT2D eigenvalue weighted by atomic mass is 15.3. The van der Waals surface area contributed by atoms with Gasteiger partial charge in [-0.1, -0.05) is 26.0 Å². The lowest BCUT2D eigenvalue weighted by atomic mass is 10.0. The van der Waals surface area contributed by atoms with Crippen LogP contribution >= 0.6 is 0 Å². The Morgan fingerprint density at radius 1 is 1.12 bits per heavy atom. The summed E-state index contributed by atoms with van der Waals surface area (Å²) < 4.78 is 1.93. The second-order valence-electron chi connectivity index (χ2n) is 6.50. The van der Waals surface area contributed by atoms with Crippen LogP contribution < -0.4 is 5.32 Å². The third-order valence-electron chi connectivity index (χ3n) is 4.06. The van der Waals surface area contributed by atoms with Crippen LogP contribution in [0.3, 0.4) is 0 Å². The van der Waals surface area contributed by atoms with Crippen LogP contribution in [0.5, 0.6) is 0 Å². The van der Waals surface area contributed by atoms with Crippen LogP contribution in [-0.4, -0.2) is 14.8 Å². The summed E-state index contributed by atoms with van der Waals surface area (Å²) in [6.45, 7) is 7.96. The quantitative estimate of drug-likeness (QED) is 0.733. The van der Waals surface area contributed by atoms with Crippen molar-refractivity contribution in [2.45, 2.75) is 39.8 Å². The molecule has 0 unspecified atom stereocenters. The highest BCUT2D eigenvalue weighted by Gasteiger charge is 2.02. The normalized spacial score (nSPS) is 11.0. The predicted molar refractivity (Wildman–Crippen MR) is 98.2 cm³/mol. The highest BCUT2D eigenvalue weighted by molar-refractivity contribution is 5.45. The van der Waals surface area contributed by atoms with E-state index in [0.717, 1.165) is 23.5 Å². The lowest BCUT2D eigenvalue weighted by Crippen LogP contribution is -2.02. The van der Waals surface area contributed by atoms with E-state index in [2.05, 4.69) is 72.7 Å². The van der Waals surface area contributed by atoms with E-state index in [4.69, 9.17) is 0 Å². The molecule has 4 heteroatoms. The average molecular weight is 320 g/mol. The van der Waals surface area contributed by atoms with Gasteiger partial charge in [-0.25, -0.2) is 0 Å². The number of aryl methyl sites for hydroxylation is 1.